The maximum atomic E-state index is 14.1. The van der Waals surface area contributed by atoms with Crippen molar-refractivity contribution in [1.82, 2.24) is 24.9 Å². The maximum absolute atomic E-state index is 14.1. The molecule has 10 nitrogen and oxygen atoms in total. The molecule has 0 aromatic heterocycles. The highest BCUT2D eigenvalue weighted by molar-refractivity contribution is 9.11. The van der Waals surface area contributed by atoms with Crippen molar-refractivity contribution in [3.63, 3.8) is 0 Å². The predicted octanol–water partition coefficient (Wildman–Crippen LogP) is 5.79. The fourth-order valence-electron chi connectivity index (χ4n) is 7.46. The van der Waals surface area contributed by atoms with Crippen LogP contribution in [-0.2, 0) is 17.8 Å². The monoisotopic (exact) mass is 757 g/mol. The highest BCUT2D eigenvalue weighted by Crippen LogP contribution is 2.31. The van der Waals surface area contributed by atoms with Gasteiger partial charge in [-0.25, -0.2) is 9.59 Å². The molecule has 3 fully saturated rings. The predicted molar refractivity (Wildman–Crippen MR) is 188 cm³/mol. The summed E-state index contributed by atoms with van der Waals surface area (Å²) in [4.78, 5) is 48.9. The zero-order valence-corrected chi connectivity index (χ0v) is 29.5. The number of hydrogen-bond donors (Lipinski definition) is 3. The minimum Gasteiger partial charge on any atom is -0.397 e. The van der Waals surface area contributed by atoms with Crippen molar-refractivity contribution in [2.24, 2.45) is 0 Å². The number of anilines is 2. The molecule has 0 unspecified atom stereocenters. The molecule has 4 N–H and O–H groups in total. The Kier molecular flexibility index (Phi) is 10.7. The van der Waals surface area contributed by atoms with E-state index in [1.807, 2.05) is 46.2 Å². The average Bonchev–Trinajstić information content (AvgIpc) is 3.36. The highest BCUT2D eigenvalue weighted by atomic mass is 79.9. The second-order valence-corrected chi connectivity index (χ2v) is 14.8. The smallest absolute Gasteiger partial charge is 0.322 e. The largest absolute Gasteiger partial charge is 0.397 e. The van der Waals surface area contributed by atoms with E-state index >= 15 is 0 Å². The third-order valence-corrected chi connectivity index (χ3v) is 11.5. The Balaban J connectivity index is 1.09. The Morgan fingerprint density at radius 2 is 1.48 bits per heavy atom. The number of hydrogen-bond acceptors (Lipinski definition) is 5. The van der Waals surface area contributed by atoms with Crippen LogP contribution in [0.4, 0.5) is 21.0 Å². The number of fused-ring (bicyclic) bond motifs is 1. The van der Waals surface area contributed by atoms with E-state index in [0.29, 0.717) is 63.7 Å². The van der Waals surface area contributed by atoms with E-state index in [-0.39, 0.29) is 24.0 Å². The van der Waals surface area contributed by atoms with Crippen molar-refractivity contribution < 1.29 is 14.4 Å². The molecule has 3 saturated heterocycles. The number of piperidine rings is 2. The first-order valence-electron chi connectivity index (χ1n) is 16.7. The molecule has 2 aromatic carbocycles. The third kappa shape index (κ3) is 7.65. The number of nitrogens with two attached hydrogens (primary N) is 1. The number of likely N-dealkylation sites (tertiary alicyclic amines) is 3. The summed E-state index contributed by atoms with van der Waals surface area (Å²) in [5.41, 5.74) is 9.60. The Labute approximate surface area is 288 Å². The molecule has 248 valence electrons. The van der Waals surface area contributed by atoms with Crippen LogP contribution in [0.15, 0.2) is 45.3 Å². The molecule has 0 aliphatic carbocycles. The van der Waals surface area contributed by atoms with Crippen molar-refractivity contribution in [3.8, 4) is 0 Å². The van der Waals surface area contributed by atoms with Gasteiger partial charge in [-0.2, -0.15) is 0 Å². The van der Waals surface area contributed by atoms with Crippen molar-refractivity contribution in [1.29, 1.82) is 0 Å². The molecular formula is C34H45Br2N7O3. The first kappa shape index (κ1) is 33.1. The Morgan fingerprint density at radius 3 is 2.15 bits per heavy atom. The molecule has 0 radical (unpaired) electrons. The van der Waals surface area contributed by atoms with Crippen LogP contribution in [-0.4, -0.2) is 95.0 Å². The van der Waals surface area contributed by atoms with Gasteiger partial charge in [-0.05, 0) is 113 Å². The summed E-state index contributed by atoms with van der Waals surface area (Å²) in [5, 5.41) is 6.12. The van der Waals surface area contributed by atoms with Gasteiger partial charge in [0.2, 0.25) is 5.91 Å². The first-order chi connectivity index (χ1) is 22.3. The van der Waals surface area contributed by atoms with Crippen LogP contribution in [0.2, 0.25) is 0 Å². The molecule has 0 bridgehead atoms. The van der Waals surface area contributed by atoms with Gasteiger partial charge in [0.25, 0.3) is 0 Å². The quantitative estimate of drug-likeness (QED) is 0.323. The summed E-state index contributed by atoms with van der Waals surface area (Å²) >= 11 is 7.06. The summed E-state index contributed by atoms with van der Waals surface area (Å²) in [6.07, 6.45) is 8.80. The highest BCUT2D eigenvalue weighted by Gasteiger charge is 2.35. The second-order valence-electron chi connectivity index (χ2n) is 13.1. The average molecular weight is 760 g/mol. The van der Waals surface area contributed by atoms with Crippen LogP contribution >= 0.6 is 31.9 Å². The lowest BCUT2D eigenvalue weighted by molar-refractivity contribution is -0.134. The number of nitrogens with one attached hydrogen (secondary N) is 2. The van der Waals surface area contributed by atoms with Crippen molar-refractivity contribution in [3.05, 3.63) is 56.5 Å². The summed E-state index contributed by atoms with van der Waals surface area (Å²) in [5.74, 6) is -0.0368. The van der Waals surface area contributed by atoms with E-state index in [0.717, 1.165) is 51.7 Å². The molecule has 1 atom stereocenters. The van der Waals surface area contributed by atoms with E-state index in [4.69, 9.17) is 5.73 Å². The van der Waals surface area contributed by atoms with Crippen molar-refractivity contribution in [2.45, 2.75) is 82.5 Å². The molecule has 46 heavy (non-hydrogen) atoms. The fourth-order valence-corrected chi connectivity index (χ4v) is 8.74. The SMILES string of the molecule is Nc1c(Br)cc(C[C@@H](NC(=O)N2CCC(N3Cc4ccccc4NC3=O)CC2)C(=O)N2CCC(N3CCCCCC3)CC2)cc1Br. The number of rotatable bonds is 6. The summed E-state index contributed by atoms with van der Waals surface area (Å²) < 4.78 is 1.50. The molecule has 2 aromatic rings. The molecule has 0 saturated carbocycles. The zero-order chi connectivity index (χ0) is 32.2. The molecule has 4 aliphatic heterocycles. The van der Waals surface area contributed by atoms with Crippen LogP contribution in [0.5, 0.6) is 0 Å². The van der Waals surface area contributed by atoms with Gasteiger partial charge in [0, 0.05) is 65.9 Å². The number of nitrogens with zero attached hydrogens (tertiary/aromatic N) is 4. The van der Waals surface area contributed by atoms with Crippen LogP contribution in [0.3, 0.4) is 0 Å². The topological polar surface area (TPSA) is 114 Å². The number of nitrogen functional groups attached to an aromatic ring is 1. The van der Waals surface area contributed by atoms with Gasteiger partial charge < -0.3 is 36.0 Å². The minimum atomic E-state index is -0.702. The van der Waals surface area contributed by atoms with E-state index in [9.17, 15) is 14.4 Å². The lowest BCUT2D eigenvalue weighted by atomic mass is 9.99. The normalized spacial score (nSPS) is 20.9. The number of para-hydroxylation sites is 1. The van der Waals surface area contributed by atoms with Gasteiger partial charge in [0.15, 0.2) is 0 Å². The Bertz CT molecular complexity index is 1390. The second kappa shape index (κ2) is 14.9. The van der Waals surface area contributed by atoms with Crippen molar-refractivity contribution >= 4 is 61.2 Å². The Hall–Kier alpha value is -2.83. The van der Waals surface area contributed by atoms with Gasteiger partial charge in [-0.15, -0.1) is 0 Å². The third-order valence-electron chi connectivity index (χ3n) is 10.2. The first-order valence-corrected chi connectivity index (χ1v) is 18.3. The number of urea groups is 2. The van der Waals surface area contributed by atoms with E-state index in [2.05, 4.69) is 47.4 Å². The molecule has 0 spiro atoms. The van der Waals surface area contributed by atoms with Crippen LogP contribution in [0.1, 0.15) is 62.5 Å². The summed E-state index contributed by atoms with van der Waals surface area (Å²) in [6.45, 7) is 5.32. The van der Waals surface area contributed by atoms with E-state index < -0.39 is 6.04 Å². The summed E-state index contributed by atoms with van der Waals surface area (Å²) in [7, 11) is 0. The van der Waals surface area contributed by atoms with Gasteiger partial charge >= 0.3 is 12.1 Å². The van der Waals surface area contributed by atoms with E-state index in [1.165, 1.54) is 25.7 Å². The number of carbonyl (C=O) groups excluding carboxylic acids is 3. The maximum Gasteiger partial charge on any atom is 0.322 e. The molecule has 4 aliphatic rings. The van der Waals surface area contributed by atoms with Crippen molar-refractivity contribution in [2.75, 3.05) is 50.3 Å². The number of halogens is 2. The lowest BCUT2D eigenvalue weighted by Crippen LogP contribution is -2.57. The van der Waals surface area contributed by atoms with Gasteiger partial charge in [-0.3, -0.25) is 4.79 Å². The Morgan fingerprint density at radius 1 is 0.870 bits per heavy atom. The van der Waals surface area contributed by atoms with Crippen LogP contribution in [0.25, 0.3) is 0 Å². The molecule has 6 rings (SSSR count). The van der Waals surface area contributed by atoms with E-state index in [1.54, 1.807) is 4.90 Å². The van der Waals surface area contributed by atoms with Gasteiger partial charge in [-0.1, -0.05) is 31.0 Å². The van der Waals surface area contributed by atoms with Gasteiger partial charge in [0.05, 0.1) is 5.69 Å². The summed E-state index contributed by atoms with van der Waals surface area (Å²) in [6, 6.07) is 11.3. The lowest BCUT2D eigenvalue weighted by Gasteiger charge is -2.41. The molecular weight excluding hydrogens is 714 g/mol. The van der Waals surface area contributed by atoms with Gasteiger partial charge in [0.1, 0.15) is 6.04 Å². The molecule has 12 heteroatoms. The fraction of sp³-hybridized carbons (Fsp3) is 0.559. The molecule has 4 heterocycles. The number of benzene rings is 2. The standard InChI is InChI=1S/C34H45Br2N7O3/c35-27-19-23(20-28(36)31(27)37)21-30(32(44)41-15-9-25(10-16-41)40-13-5-1-2-6-14-40)39-33(45)42-17-11-26(12-18-42)43-22-24-7-3-4-8-29(24)38-34(43)46/h3-4,7-8,19-20,25-26,30H,1-2,5-6,9-18,21-22,37H2,(H,38,46)(H,39,45)/t30-/m1/s1. The van der Waals surface area contributed by atoms with Crippen LogP contribution < -0.4 is 16.4 Å². The number of carbonyl (C=O) groups is 3. The minimum absolute atomic E-state index is 0.0368. The molecule has 5 amide bonds. The number of amides is 5. The zero-order valence-electron chi connectivity index (χ0n) is 26.4. The van der Waals surface area contributed by atoms with Crippen LogP contribution in [0, 0.1) is 0 Å².